The number of fused-ring (bicyclic) bond motifs is 1. The number of aryl methyl sites for hydroxylation is 2. The van der Waals surface area contributed by atoms with Crippen molar-refractivity contribution in [2.24, 2.45) is 0 Å². The van der Waals surface area contributed by atoms with Gasteiger partial charge in [0.2, 0.25) is 0 Å². The first-order valence-electron chi connectivity index (χ1n) is 6.36. The van der Waals surface area contributed by atoms with Crippen LogP contribution in [0, 0.1) is 6.92 Å². The molecule has 1 atom stereocenters. The lowest BCUT2D eigenvalue weighted by Gasteiger charge is -2.27. The Morgan fingerprint density at radius 1 is 1.56 bits per heavy atom. The van der Waals surface area contributed by atoms with Crippen LogP contribution < -0.4 is 5.32 Å². The van der Waals surface area contributed by atoms with Gasteiger partial charge in [0.15, 0.2) is 0 Å². The fourth-order valence-corrected chi connectivity index (χ4v) is 2.17. The second kappa shape index (κ2) is 4.63. The normalized spacial score (nSPS) is 19.2. The number of aromatic nitrogens is 2. The van der Waals surface area contributed by atoms with E-state index in [0.717, 1.165) is 19.4 Å². The number of nitrogens with zero attached hydrogens (tertiary/aromatic N) is 2. The molecule has 0 fully saturated rings. The molecule has 0 radical (unpaired) electrons. The van der Waals surface area contributed by atoms with E-state index in [2.05, 4.69) is 17.3 Å². The van der Waals surface area contributed by atoms with Gasteiger partial charge >= 0.3 is 6.09 Å². The monoisotopic (exact) mass is 251 g/mol. The quantitative estimate of drug-likeness (QED) is 0.831. The SMILES string of the molecule is Cc1cnn2c1CC(NC(=O)OC(C)(C)C)CC2. The van der Waals surface area contributed by atoms with Crippen LogP contribution in [-0.2, 0) is 17.7 Å². The van der Waals surface area contributed by atoms with Crippen LogP contribution in [0.5, 0.6) is 0 Å². The van der Waals surface area contributed by atoms with E-state index in [1.54, 1.807) is 0 Å². The largest absolute Gasteiger partial charge is 0.444 e. The summed E-state index contributed by atoms with van der Waals surface area (Å²) in [5, 5.41) is 7.23. The molecule has 0 aromatic carbocycles. The fraction of sp³-hybridized carbons (Fsp3) is 0.692. The summed E-state index contributed by atoms with van der Waals surface area (Å²) in [4.78, 5) is 11.7. The number of alkyl carbamates (subject to hydrolysis) is 1. The molecule has 0 aliphatic carbocycles. The third kappa shape index (κ3) is 3.03. The third-order valence-corrected chi connectivity index (χ3v) is 3.01. The minimum atomic E-state index is -0.448. The van der Waals surface area contributed by atoms with E-state index in [1.807, 2.05) is 31.6 Å². The van der Waals surface area contributed by atoms with Gasteiger partial charge in [-0.05, 0) is 39.7 Å². The Hall–Kier alpha value is -1.52. The molecular weight excluding hydrogens is 230 g/mol. The molecule has 18 heavy (non-hydrogen) atoms. The van der Waals surface area contributed by atoms with Gasteiger partial charge in [-0.3, -0.25) is 4.68 Å². The zero-order valence-corrected chi connectivity index (χ0v) is 11.5. The molecule has 1 aromatic rings. The lowest BCUT2D eigenvalue weighted by Crippen LogP contribution is -2.43. The van der Waals surface area contributed by atoms with E-state index in [1.165, 1.54) is 11.3 Å². The van der Waals surface area contributed by atoms with Crippen LogP contribution >= 0.6 is 0 Å². The van der Waals surface area contributed by atoms with Crippen molar-refractivity contribution in [3.8, 4) is 0 Å². The lowest BCUT2D eigenvalue weighted by molar-refractivity contribution is 0.0496. The molecule has 100 valence electrons. The summed E-state index contributed by atoms with van der Waals surface area (Å²) in [6.45, 7) is 8.50. The number of carbonyl (C=O) groups is 1. The van der Waals surface area contributed by atoms with Crippen molar-refractivity contribution in [2.45, 2.75) is 58.7 Å². The van der Waals surface area contributed by atoms with Crippen molar-refractivity contribution in [3.63, 3.8) is 0 Å². The average molecular weight is 251 g/mol. The Bertz CT molecular complexity index is 446. The molecule has 1 aliphatic rings. The average Bonchev–Trinajstić information content (AvgIpc) is 2.57. The summed E-state index contributed by atoms with van der Waals surface area (Å²) in [5.41, 5.74) is 1.95. The van der Waals surface area contributed by atoms with Gasteiger partial charge in [-0.25, -0.2) is 4.79 Å². The van der Waals surface area contributed by atoms with Crippen LogP contribution in [0.4, 0.5) is 4.79 Å². The first kappa shape index (κ1) is 12.9. The summed E-state index contributed by atoms with van der Waals surface area (Å²) < 4.78 is 7.28. The fourth-order valence-electron chi connectivity index (χ4n) is 2.17. The number of hydrogen-bond acceptors (Lipinski definition) is 3. The van der Waals surface area contributed by atoms with Crippen LogP contribution in [0.15, 0.2) is 6.20 Å². The summed E-state index contributed by atoms with van der Waals surface area (Å²) >= 11 is 0. The van der Waals surface area contributed by atoms with Crippen molar-refractivity contribution in [1.29, 1.82) is 0 Å². The van der Waals surface area contributed by atoms with Gasteiger partial charge in [0.25, 0.3) is 0 Å². The van der Waals surface area contributed by atoms with Crippen molar-refractivity contribution >= 4 is 6.09 Å². The maximum absolute atomic E-state index is 11.7. The minimum absolute atomic E-state index is 0.141. The van der Waals surface area contributed by atoms with Gasteiger partial charge < -0.3 is 10.1 Å². The Kier molecular flexibility index (Phi) is 3.32. The molecule has 0 spiro atoms. The number of ether oxygens (including phenoxy) is 1. The van der Waals surface area contributed by atoms with Gasteiger partial charge in [-0.15, -0.1) is 0 Å². The summed E-state index contributed by atoms with van der Waals surface area (Å²) in [6, 6.07) is 0.141. The second-order valence-electron chi connectivity index (χ2n) is 5.83. The molecule has 5 nitrogen and oxygen atoms in total. The highest BCUT2D eigenvalue weighted by atomic mass is 16.6. The Balaban J connectivity index is 1.94. The maximum atomic E-state index is 11.7. The lowest BCUT2D eigenvalue weighted by atomic mass is 10.0. The van der Waals surface area contributed by atoms with E-state index in [-0.39, 0.29) is 12.1 Å². The number of hydrogen-bond donors (Lipinski definition) is 1. The van der Waals surface area contributed by atoms with Crippen molar-refractivity contribution in [3.05, 3.63) is 17.5 Å². The van der Waals surface area contributed by atoms with E-state index >= 15 is 0 Å². The van der Waals surface area contributed by atoms with Gasteiger partial charge in [0, 0.05) is 24.7 Å². The highest BCUT2D eigenvalue weighted by molar-refractivity contribution is 5.68. The Labute approximate surface area is 108 Å². The highest BCUT2D eigenvalue weighted by Crippen LogP contribution is 2.18. The first-order valence-corrected chi connectivity index (χ1v) is 6.36. The van der Waals surface area contributed by atoms with Crippen LogP contribution in [0.25, 0.3) is 0 Å². The Morgan fingerprint density at radius 2 is 2.28 bits per heavy atom. The molecule has 0 saturated heterocycles. The molecule has 1 amide bonds. The van der Waals surface area contributed by atoms with Crippen LogP contribution in [0.2, 0.25) is 0 Å². The van der Waals surface area contributed by atoms with Gasteiger partial charge in [0.1, 0.15) is 5.60 Å². The predicted molar refractivity (Wildman–Crippen MR) is 68.4 cm³/mol. The zero-order valence-electron chi connectivity index (χ0n) is 11.5. The molecular formula is C13H21N3O2. The molecule has 1 aliphatic heterocycles. The molecule has 0 saturated carbocycles. The van der Waals surface area contributed by atoms with Crippen LogP contribution in [0.1, 0.15) is 38.4 Å². The standard InChI is InChI=1S/C13H21N3O2/c1-9-8-14-16-6-5-10(7-11(9)16)15-12(17)18-13(2,3)4/h8,10H,5-7H2,1-4H3,(H,15,17). The zero-order chi connectivity index (χ0) is 13.3. The topological polar surface area (TPSA) is 56.2 Å². The molecule has 2 heterocycles. The molecule has 5 heteroatoms. The van der Waals surface area contributed by atoms with Crippen molar-refractivity contribution in [1.82, 2.24) is 15.1 Å². The molecule has 1 N–H and O–H groups in total. The minimum Gasteiger partial charge on any atom is -0.444 e. The van der Waals surface area contributed by atoms with Crippen molar-refractivity contribution < 1.29 is 9.53 Å². The molecule has 1 aromatic heterocycles. The molecule has 1 unspecified atom stereocenters. The number of carbonyl (C=O) groups excluding carboxylic acids is 1. The number of rotatable bonds is 1. The first-order chi connectivity index (χ1) is 8.35. The summed E-state index contributed by atoms with van der Waals surface area (Å²) in [5.74, 6) is 0. The predicted octanol–water partition coefficient (Wildman–Crippen LogP) is 2.03. The highest BCUT2D eigenvalue weighted by Gasteiger charge is 2.24. The van der Waals surface area contributed by atoms with Crippen LogP contribution in [0.3, 0.4) is 0 Å². The van der Waals surface area contributed by atoms with Gasteiger partial charge in [0.05, 0.1) is 6.20 Å². The second-order valence-corrected chi connectivity index (χ2v) is 5.83. The van der Waals surface area contributed by atoms with Crippen molar-refractivity contribution in [2.75, 3.05) is 0 Å². The van der Waals surface area contributed by atoms with E-state index in [4.69, 9.17) is 4.74 Å². The summed E-state index contributed by atoms with van der Waals surface area (Å²) in [7, 11) is 0. The summed E-state index contributed by atoms with van der Waals surface area (Å²) in [6.07, 6.45) is 3.27. The maximum Gasteiger partial charge on any atom is 0.407 e. The van der Waals surface area contributed by atoms with Gasteiger partial charge in [-0.1, -0.05) is 0 Å². The smallest absolute Gasteiger partial charge is 0.407 e. The van der Waals surface area contributed by atoms with E-state index in [0.29, 0.717) is 0 Å². The van der Waals surface area contributed by atoms with E-state index in [9.17, 15) is 4.79 Å². The van der Waals surface area contributed by atoms with E-state index < -0.39 is 5.60 Å². The Morgan fingerprint density at radius 3 is 2.94 bits per heavy atom. The van der Waals surface area contributed by atoms with Gasteiger partial charge in [-0.2, -0.15) is 5.10 Å². The third-order valence-electron chi connectivity index (χ3n) is 3.01. The molecule has 0 bridgehead atoms. The number of amides is 1. The van der Waals surface area contributed by atoms with Crippen LogP contribution in [-0.4, -0.2) is 27.5 Å². The number of nitrogens with one attached hydrogen (secondary N) is 1. The molecule has 2 rings (SSSR count).